The lowest BCUT2D eigenvalue weighted by Gasteiger charge is -2.13. The van der Waals surface area contributed by atoms with Crippen LogP contribution in [0.25, 0.3) is 0 Å². The third-order valence-electron chi connectivity index (χ3n) is 2.80. The molecule has 5 nitrogen and oxygen atoms in total. The summed E-state index contributed by atoms with van der Waals surface area (Å²) in [5.41, 5.74) is 8.96. The van der Waals surface area contributed by atoms with Crippen molar-refractivity contribution < 1.29 is 4.79 Å². The zero-order valence-corrected chi connectivity index (χ0v) is 12.6. The first-order valence-electron chi connectivity index (χ1n) is 6.23. The van der Waals surface area contributed by atoms with Gasteiger partial charge in [-0.3, -0.25) is 4.79 Å². The van der Waals surface area contributed by atoms with Crippen LogP contribution in [0.1, 0.15) is 21.1 Å². The van der Waals surface area contributed by atoms with E-state index < -0.39 is 0 Å². The standard InChI is InChI=1S/C14H18N4OS/c1-9-8-20-13(17-9)7-16-12-5-4-10(6-11(12)15)14(19)18(2)3/h4-6,8,16H,7,15H2,1-3H3. The van der Waals surface area contributed by atoms with Crippen molar-refractivity contribution in [2.24, 2.45) is 0 Å². The van der Waals surface area contributed by atoms with Crippen molar-refractivity contribution in [1.29, 1.82) is 0 Å². The minimum atomic E-state index is -0.0567. The van der Waals surface area contributed by atoms with Gasteiger partial charge in [0.1, 0.15) is 5.01 Å². The summed E-state index contributed by atoms with van der Waals surface area (Å²) in [6.07, 6.45) is 0. The van der Waals surface area contributed by atoms with Gasteiger partial charge in [-0.1, -0.05) is 0 Å². The average Bonchev–Trinajstić information content (AvgIpc) is 2.82. The average molecular weight is 290 g/mol. The molecule has 106 valence electrons. The molecule has 0 radical (unpaired) electrons. The van der Waals surface area contributed by atoms with Gasteiger partial charge in [0.05, 0.1) is 17.9 Å². The Morgan fingerprint density at radius 2 is 2.20 bits per heavy atom. The fourth-order valence-corrected chi connectivity index (χ4v) is 2.48. The first-order valence-corrected chi connectivity index (χ1v) is 7.11. The zero-order chi connectivity index (χ0) is 14.7. The van der Waals surface area contributed by atoms with E-state index in [-0.39, 0.29) is 5.91 Å². The molecule has 1 aromatic heterocycles. The molecule has 1 amide bonds. The zero-order valence-electron chi connectivity index (χ0n) is 11.8. The maximum absolute atomic E-state index is 11.8. The number of carbonyl (C=O) groups excluding carboxylic acids is 1. The lowest BCUT2D eigenvalue weighted by molar-refractivity contribution is 0.0827. The van der Waals surface area contributed by atoms with Crippen molar-refractivity contribution in [3.63, 3.8) is 0 Å². The van der Waals surface area contributed by atoms with Crippen LogP contribution in [0.3, 0.4) is 0 Å². The van der Waals surface area contributed by atoms with Crippen LogP contribution in [0.4, 0.5) is 11.4 Å². The van der Waals surface area contributed by atoms with Gasteiger partial charge in [-0.25, -0.2) is 4.98 Å². The molecule has 0 saturated carbocycles. The molecule has 0 aliphatic heterocycles. The van der Waals surface area contributed by atoms with Crippen molar-refractivity contribution >= 4 is 28.6 Å². The minimum Gasteiger partial charge on any atom is -0.397 e. The molecule has 0 aliphatic rings. The number of hydrogen-bond acceptors (Lipinski definition) is 5. The Balaban J connectivity index is 2.08. The van der Waals surface area contributed by atoms with Gasteiger partial charge in [0, 0.05) is 30.7 Å². The molecule has 20 heavy (non-hydrogen) atoms. The number of benzene rings is 1. The number of nitrogens with one attached hydrogen (secondary N) is 1. The first kappa shape index (κ1) is 14.3. The van der Waals surface area contributed by atoms with E-state index in [1.54, 1.807) is 37.6 Å². The monoisotopic (exact) mass is 290 g/mol. The number of aromatic nitrogens is 1. The smallest absolute Gasteiger partial charge is 0.253 e. The van der Waals surface area contributed by atoms with Gasteiger partial charge in [0.2, 0.25) is 0 Å². The lowest BCUT2D eigenvalue weighted by atomic mass is 10.1. The quantitative estimate of drug-likeness (QED) is 0.848. The Hall–Kier alpha value is -2.08. The van der Waals surface area contributed by atoms with Crippen LogP contribution in [0.5, 0.6) is 0 Å². The summed E-state index contributed by atoms with van der Waals surface area (Å²) < 4.78 is 0. The normalized spacial score (nSPS) is 10.3. The summed E-state index contributed by atoms with van der Waals surface area (Å²) >= 11 is 1.61. The number of thiazole rings is 1. The fraction of sp³-hybridized carbons (Fsp3) is 0.286. The van der Waals surface area contributed by atoms with E-state index >= 15 is 0 Å². The van der Waals surface area contributed by atoms with Crippen LogP contribution in [0.2, 0.25) is 0 Å². The van der Waals surface area contributed by atoms with Crippen LogP contribution in [-0.2, 0) is 6.54 Å². The van der Waals surface area contributed by atoms with E-state index in [2.05, 4.69) is 10.3 Å². The van der Waals surface area contributed by atoms with Gasteiger partial charge in [-0.05, 0) is 25.1 Å². The van der Waals surface area contributed by atoms with Gasteiger partial charge in [-0.2, -0.15) is 0 Å². The molecular formula is C14H18N4OS. The Morgan fingerprint density at radius 1 is 1.45 bits per heavy atom. The molecule has 3 N–H and O–H groups in total. The number of amides is 1. The maximum Gasteiger partial charge on any atom is 0.253 e. The maximum atomic E-state index is 11.8. The largest absolute Gasteiger partial charge is 0.397 e. The molecule has 0 spiro atoms. The highest BCUT2D eigenvalue weighted by Crippen LogP contribution is 2.22. The SMILES string of the molecule is Cc1csc(CNc2ccc(C(=O)N(C)C)cc2N)n1. The van der Waals surface area contributed by atoms with E-state index in [1.165, 1.54) is 4.90 Å². The summed E-state index contributed by atoms with van der Waals surface area (Å²) in [6.45, 7) is 2.60. The van der Waals surface area contributed by atoms with Gasteiger partial charge in [0.25, 0.3) is 5.91 Å². The van der Waals surface area contributed by atoms with Gasteiger partial charge >= 0.3 is 0 Å². The second-order valence-corrected chi connectivity index (χ2v) is 5.68. The molecular weight excluding hydrogens is 272 g/mol. The molecule has 1 heterocycles. The molecule has 6 heteroatoms. The number of rotatable bonds is 4. The highest BCUT2D eigenvalue weighted by atomic mass is 32.1. The van der Waals surface area contributed by atoms with Crippen molar-refractivity contribution in [2.75, 3.05) is 25.1 Å². The molecule has 0 aliphatic carbocycles. The number of nitrogens with zero attached hydrogens (tertiary/aromatic N) is 2. The number of carbonyl (C=O) groups is 1. The second-order valence-electron chi connectivity index (χ2n) is 4.74. The number of nitrogen functional groups attached to an aromatic ring is 1. The van der Waals surface area contributed by atoms with Crippen LogP contribution < -0.4 is 11.1 Å². The highest BCUT2D eigenvalue weighted by Gasteiger charge is 2.10. The first-order chi connectivity index (χ1) is 9.47. The predicted molar refractivity (Wildman–Crippen MR) is 83.0 cm³/mol. The molecule has 0 atom stereocenters. The van der Waals surface area contributed by atoms with E-state index in [9.17, 15) is 4.79 Å². The fourth-order valence-electron chi connectivity index (χ4n) is 1.77. The van der Waals surface area contributed by atoms with Crippen molar-refractivity contribution in [3.05, 3.63) is 39.8 Å². The van der Waals surface area contributed by atoms with Crippen molar-refractivity contribution in [3.8, 4) is 0 Å². The summed E-state index contributed by atoms with van der Waals surface area (Å²) in [7, 11) is 3.44. The highest BCUT2D eigenvalue weighted by molar-refractivity contribution is 7.09. The molecule has 0 unspecified atom stereocenters. The third-order valence-corrected chi connectivity index (χ3v) is 3.77. The molecule has 0 bridgehead atoms. The second kappa shape index (κ2) is 5.92. The number of anilines is 2. The third kappa shape index (κ3) is 3.27. The van der Waals surface area contributed by atoms with E-state index in [0.717, 1.165) is 16.4 Å². The summed E-state index contributed by atoms with van der Waals surface area (Å²) in [4.78, 5) is 17.7. The number of aryl methyl sites for hydroxylation is 1. The topological polar surface area (TPSA) is 71.2 Å². The van der Waals surface area contributed by atoms with Crippen LogP contribution in [-0.4, -0.2) is 29.9 Å². The lowest BCUT2D eigenvalue weighted by Crippen LogP contribution is -2.21. The van der Waals surface area contributed by atoms with E-state index in [0.29, 0.717) is 17.8 Å². The predicted octanol–water partition coefficient (Wildman–Crippen LogP) is 2.35. The van der Waals surface area contributed by atoms with Crippen LogP contribution >= 0.6 is 11.3 Å². The van der Waals surface area contributed by atoms with E-state index in [4.69, 9.17) is 5.73 Å². The van der Waals surface area contributed by atoms with Crippen molar-refractivity contribution in [1.82, 2.24) is 9.88 Å². The Kier molecular flexibility index (Phi) is 4.24. The summed E-state index contributed by atoms with van der Waals surface area (Å²) in [5, 5.41) is 6.26. The Morgan fingerprint density at radius 3 is 2.75 bits per heavy atom. The van der Waals surface area contributed by atoms with Crippen LogP contribution in [0, 0.1) is 6.92 Å². The van der Waals surface area contributed by atoms with Gasteiger partial charge in [0.15, 0.2) is 0 Å². The van der Waals surface area contributed by atoms with Gasteiger partial charge in [-0.15, -0.1) is 11.3 Å². The Labute approximate surface area is 122 Å². The summed E-state index contributed by atoms with van der Waals surface area (Å²) in [5.74, 6) is -0.0567. The summed E-state index contributed by atoms with van der Waals surface area (Å²) in [6, 6.07) is 5.29. The number of nitrogens with two attached hydrogens (primary N) is 1. The molecule has 0 fully saturated rings. The van der Waals surface area contributed by atoms with Crippen molar-refractivity contribution in [2.45, 2.75) is 13.5 Å². The number of hydrogen-bond donors (Lipinski definition) is 2. The Bertz CT molecular complexity index is 621. The molecule has 0 saturated heterocycles. The van der Waals surface area contributed by atoms with Gasteiger partial charge < -0.3 is 16.0 Å². The molecule has 2 rings (SSSR count). The molecule has 2 aromatic rings. The molecule has 1 aromatic carbocycles. The van der Waals surface area contributed by atoms with Crippen LogP contribution in [0.15, 0.2) is 23.6 Å². The minimum absolute atomic E-state index is 0.0567. The van der Waals surface area contributed by atoms with E-state index in [1.807, 2.05) is 18.4 Å².